The SMILES string of the molecule is Clc1cccc(N(c2ccc(-c3ccccc3)cc2)c2ccccc2-c2ccccc2)c1.c1ccc(-c2ccc(N(c3cccc(N(c4ccccc4)c4cccc(C5(c6ccccc6)c6ccccc6-c6ccccc65)c4)c3)c3ccccc3-c3ccccc3)cc2)cc1.c1ccc(Nc2cccc(C3(c4ccccc4)c4ccccc4-c4ccccc43)c2)cc1. The number of hydrogen-bond acceptors (Lipinski definition) is 4. The quantitative estimate of drug-likeness (QED) is 0.0871. The highest BCUT2D eigenvalue weighted by Crippen LogP contribution is 2.59. The number of halogens is 1. The van der Waals surface area contributed by atoms with Crippen LogP contribution in [0.15, 0.2) is 534 Å². The second kappa shape index (κ2) is 36.1. The molecule has 2 aliphatic carbocycles. The molecule has 0 fully saturated rings. The summed E-state index contributed by atoms with van der Waals surface area (Å²) in [6.45, 7) is 0. The van der Waals surface area contributed by atoms with Crippen LogP contribution in [0.4, 0.5) is 62.6 Å². The van der Waals surface area contributed by atoms with Gasteiger partial charge in [0, 0.05) is 67.3 Å². The van der Waals surface area contributed by atoms with Gasteiger partial charge < -0.3 is 20.0 Å². The molecule has 5 heteroatoms. The molecule has 0 spiro atoms. The van der Waals surface area contributed by atoms with Crippen molar-refractivity contribution in [1.82, 2.24) is 0 Å². The fraction of sp³-hybridized carbons (Fsp3) is 0.0164. The van der Waals surface area contributed by atoms with Crippen LogP contribution in [-0.4, -0.2) is 0 Å². The standard InChI is InChI=1S/C61H44N2.C31H23N.C30H22ClN/c1-5-21-45(22-6-1)46-39-41-51(42-40-46)63(60-38-18-15-33-55(60)47-23-7-2-8-24-47)54-32-20-31-53(44-54)62(50-28-11-4-12-29-50)52-30-19-27-49(43-52)61(48-25-9-3-10-26-48)58-36-16-13-34-56(58)57-35-14-17-37-59(57)61;1-3-12-23(13-4-1)31(24-14-11-17-26(22-24)32-25-15-5-2-6-16-25)29-20-9-7-18-27(29)28-19-8-10-21-30(28)31;31-26-14-9-15-28(22-26)32(27-20-18-24(19-21-27)23-10-3-1-4-11-23)30-17-8-7-16-29(30)25-12-5-2-6-13-25/h1-44H;1-22,32H;1-22H. The van der Waals surface area contributed by atoms with E-state index in [1.165, 1.54) is 106 Å². The smallest absolute Gasteiger partial charge is 0.0714 e. The van der Waals surface area contributed by atoms with Gasteiger partial charge in [-0.05, 0) is 221 Å². The van der Waals surface area contributed by atoms with Crippen LogP contribution >= 0.6 is 11.6 Å². The minimum atomic E-state index is -0.515. The van der Waals surface area contributed by atoms with Crippen LogP contribution in [0.3, 0.4) is 0 Å². The molecule has 0 atom stereocenters. The monoisotopic (exact) mass is 1640 g/mol. The number of anilines is 11. The highest BCUT2D eigenvalue weighted by atomic mass is 35.5. The Hall–Kier alpha value is -16.1. The molecule has 1 N–H and O–H groups in total. The van der Waals surface area contributed by atoms with Gasteiger partial charge in [-0.15, -0.1) is 0 Å². The van der Waals surface area contributed by atoms with Crippen molar-refractivity contribution in [2.45, 2.75) is 10.8 Å². The fourth-order valence-corrected chi connectivity index (χ4v) is 19.2. The molecular weight excluding hydrogens is 1560 g/mol. The van der Waals surface area contributed by atoms with E-state index in [9.17, 15) is 0 Å². The molecule has 0 heterocycles. The van der Waals surface area contributed by atoms with Gasteiger partial charge in [0.25, 0.3) is 0 Å². The minimum Gasteiger partial charge on any atom is -0.356 e. The van der Waals surface area contributed by atoms with E-state index in [2.05, 4.69) is 517 Å². The van der Waals surface area contributed by atoms with E-state index in [1.807, 2.05) is 36.4 Å². The highest BCUT2D eigenvalue weighted by molar-refractivity contribution is 6.31. The van der Waals surface area contributed by atoms with Crippen molar-refractivity contribution in [3.63, 3.8) is 0 Å². The van der Waals surface area contributed by atoms with Crippen LogP contribution < -0.4 is 20.0 Å². The summed E-state index contributed by atoms with van der Waals surface area (Å²) >= 11 is 6.40. The number of nitrogens with one attached hydrogen (secondary N) is 1. The third kappa shape index (κ3) is 15.7. The zero-order valence-corrected chi connectivity index (χ0v) is 70.8. The van der Waals surface area contributed by atoms with Gasteiger partial charge in [-0.2, -0.15) is 0 Å². The van der Waals surface area contributed by atoms with Crippen molar-refractivity contribution < 1.29 is 0 Å². The predicted molar refractivity (Wildman–Crippen MR) is 534 cm³/mol. The van der Waals surface area contributed by atoms with E-state index < -0.39 is 5.41 Å². The van der Waals surface area contributed by atoms with Crippen LogP contribution in [0.2, 0.25) is 5.02 Å². The maximum atomic E-state index is 6.40. The van der Waals surface area contributed by atoms with E-state index in [1.54, 1.807) is 0 Å². The fourth-order valence-electron chi connectivity index (χ4n) is 19.0. The molecule has 0 radical (unpaired) electrons. The lowest BCUT2D eigenvalue weighted by atomic mass is 9.67. The molecule has 22 rings (SSSR count). The number of fused-ring (bicyclic) bond motifs is 6. The van der Waals surface area contributed by atoms with Crippen LogP contribution in [-0.2, 0) is 10.8 Å². The van der Waals surface area contributed by atoms with Gasteiger partial charge in [0.1, 0.15) is 0 Å². The Morgan fingerprint density at radius 3 is 0.850 bits per heavy atom. The molecule has 4 nitrogen and oxygen atoms in total. The molecule has 127 heavy (non-hydrogen) atoms. The molecule has 20 aromatic rings. The Balaban J connectivity index is 0.000000133. The number of hydrogen-bond donors (Lipinski definition) is 1. The van der Waals surface area contributed by atoms with E-state index in [-0.39, 0.29) is 5.41 Å². The van der Waals surface area contributed by atoms with Gasteiger partial charge in [-0.3, -0.25) is 0 Å². The van der Waals surface area contributed by atoms with Crippen molar-refractivity contribution >= 4 is 74.2 Å². The zero-order valence-electron chi connectivity index (χ0n) is 70.0. The summed E-state index contributed by atoms with van der Waals surface area (Å²) in [5.74, 6) is 0. The first-order valence-electron chi connectivity index (χ1n) is 43.4. The topological polar surface area (TPSA) is 21.8 Å². The first-order chi connectivity index (χ1) is 62.9. The molecule has 20 aromatic carbocycles. The van der Waals surface area contributed by atoms with Crippen LogP contribution in [0.5, 0.6) is 0 Å². The Kier molecular flexibility index (Phi) is 22.6. The molecule has 0 saturated carbocycles. The highest BCUT2D eigenvalue weighted by Gasteiger charge is 2.48. The molecular formula is C122H89ClN4. The normalized spacial score (nSPS) is 12.1. The summed E-state index contributed by atoms with van der Waals surface area (Å²) in [7, 11) is 0. The average Bonchev–Trinajstić information content (AvgIpc) is 1.55. The van der Waals surface area contributed by atoms with Gasteiger partial charge in [-0.25, -0.2) is 0 Å². The zero-order chi connectivity index (χ0) is 85.1. The average molecular weight is 1650 g/mol. The third-order valence-electron chi connectivity index (χ3n) is 24.6. The van der Waals surface area contributed by atoms with Gasteiger partial charge in [0.2, 0.25) is 0 Å². The van der Waals surface area contributed by atoms with Crippen LogP contribution in [0.25, 0.3) is 66.8 Å². The van der Waals surface area contributed by atoms with Crippen LogP contribution in [0.1, 0.15) is 44.5 Å². The van der Waals surface area contributed by atoms with Crippen molar-refractivity contribution in [2.24, 2.45) is 0 Å². The van der Waals surface area contributed by atoms with Crippen LogP contribution in [0, 0.1) is 0 Å². The van der Waals surface area contributed by atoms with Gasteiger partial charge >= 0.3 is 0 Å². The van der Waals surface area contributed by atoms with Gasteiger partial charge in [0.15, 0.2) is 0 Å². The summed E-state index contributed by atoms with van der Waals surface area (Å²) in [5, 5.41) is 4.30. The Morgan fingerprint density at radius 2 is 0.433 bits per heavy atom. The van der Waals surface area contributed by atoms with Gasteiger partial charge in [-0.1, -0.05) is 424 Å². The largest absolute Gasteiger partial charge is 0.356 e. The molecule has 2 aliphatic rings. The molecule has 0 amide bonds. The second-order valence-corrected chi connectivity index (χ2v) is 32.4. The van der Waals surface area contributed by atoms with E-state index >= 15 is 0 Å². The summed E-state index contributed by atoms with van der Waals surface area (Å²) in [6, 6.07) is 191. The lowest BCUT2D eigenvalue weighted by Gasteiger charge is -2.35. The summed E-state index contributed by atoms with van der Waals surface area (Å²) in [6.07, 6.45) is 0. The molecule has 0 bridgehead atoms. The van der Waals surface area contributed by atoms with Crippen molar-refractivity contribution in [2.75, 3.05) is 20.0 Å². The predicted octanol–water partition coefficient (Wildman–Crippen LogP) is 33.3. The molecule has 0 saturated heterocycles. The van der Waals surface area contributed by atoms with Crippen molar-refractivity contribution in [3.05, 3.63) is 583 Å². The lowest BCUT2D eigenvalue weighted by Crippen LogP contribution is -2.28. The molecule has 0 aromatic heterocycles. The maximum absolute atomic E-state index is 6.40. The first-order valence-corrected chi connectivity index (χ1v) is 43.8. The third-order valence-corrected chi connectivity index (χ3v) is 24.8. The minimum absolute atomic E-state index is 0.358. The van der Waals surface area contributed by atoms with E-state index in [0.29, 0.717) is 5.02 Å². The number of rotatable bonds is 19. The Bertz CT molecular complexity index is 7070. The summed E-state index contributed by atoms with van der Waals surface area (Å²) < 4.78 is 0. The first kappa shape index (κ1) is 79.4. The summed E-state index contributed by atoms with van der Waals surface area (Å²) in [5.41, 5.74) is 35.9. The number of nitrogens with zero attached hydrogens (tertiary/aromatic N) is 3. The lowest BCUT2D eigenvalue weighted by molar-refractivity contribution is 0.768. The molecule has 0 unspecified atom stereocenters. The Morgan fingerprint density at radius 1 is 0.165 bits per heavy atom. The number of para-hydroxylation sites is 4. The van der Waals surface area contributed by atoms with Crippen molar-refractivity contribution in [1.29, 1.82) is 0 Å². The van der Waals surface area contributed by atoms with Crippen molar-refractivity contribution in [3.8, 4) is 66.8 Å². The maximum Gasteiger partial charge on any atom is 0.0714 e. The van der Waals surface area contributed by atoms with E-state index in [4.69, 9.17) is 11.6 Å². The van der Waals surface area contributed by atoms with E-state index in [0.717, 1.165) is 68.1 Å². The Labute approximate surface area is 749 Å². The summed E-state index contributed by atoms with van der Waals surface area (Å²) in [4.78, 5) is 7.07. The molecule has 604 valence electrons. The molecule has 0 aliphatic heterocycles. The van der Waals surface area contributed by atoms with Gasteiger partial charge in [0.05, 0.1) is 22.2 Å². The second-order valence-electron chi connectivity index (χ2n) is 32.0. The number of benzene rings is 20.